The van der Waals surface area contributed by atoms with Crippen molar-refractivity contribution in [3.8, 4) is 11.5 Å². The minimum absolute atomic E-state index is 0.193. The molecule has 0 N–H and O–H groups in total. The summed E-state index contributed by atoms with van der Waals surface area (Å²) in [4.78, 5) is 11.8. The van der Waals surface area contributed by atoms with Crippen LogP contribution in [-0.4, -0.2) is 19.0 Å². The van der Waals surface area contributed by atoms with E-state index in [0.29, 0.717) is 6.61 Å². The first-order chi connectivity index (χ1) is 8.79. The van der Waals surface area contributed by atoms with E-state index in [1.807, 2.05) is 31.2 Å². The van der Waals surface area contributed by atoms with E-state index < -0.39 is 0 Å². The van der Waals surface area contributed by atoms with Gasteiger partial charge in [-0.25, -0.2) is 0 Å². The molecule has 0 aliphatic heterocycles. The van der Waals surface area contributed by atoms with Gasteiger partial charge in [0.05, 0.1) is 6.61 Å². The Morgan fingerprint density at radius 2 is 1.67 bits per heavy atom. The number of Topliss-reactive ketones (excluding diaryl/α,β-unsaturated/α-hetero) is 1. The van der Waals surface area contributed by atoms with Gasteiger partial charge in [-0.2, -0.15) is 0 Å². The van der Waals surface area contributed by atoms with Gasteiger partial charge in [0.2, 0.25) is 0 Å². The van der Waals surface area contributed by atoms with Crippen molar-refractivity contribution in [1.82, 2.24) is 0 Å². The summed E-state index contributed by atoms with van der Waals surface area (Å²) >= 11 is 0. The molecule has 1 aromatic rings. The van der Waals surface area contributed by atoms with Crippen LogP contribution in [0.4, 0.5) is 0 Å². The van der Waals surface area contributed by atoms with E-state index in [2.05, 4.69) is 0 Å². The van der Waals surface area contributed by atoms with Gasteiger partial charge in [-0.1, -0.05) is 12.8 Å². The van der Waals surface area contributed by atoms with E-state index >= 15 is 0 Å². The molecule has 1 fully saturated rings. The predicted molar refractivity (Wildman–Crippen MR) is 70.1 cm³/mol. The Kier molecular flexibility index (Phi) is 4.62. The maximum absolute atomic E-state index is 11.8. The van der Waals surface area contributed by atoms with E-state index in [0.717, 1.165) is 24.3 Å². The molecule has 0 amide bonds. The molecular weight excluding hydrogens is 228 g/mol. The molecule has 0 saturated heterocycles. The number of carbonyl (C=O) groups excluding carboxylic acids is 1. The van der Waals surface area contributed by atoms with Gasteiger partial charge >= 0.3 is 0 Å². The van der Waals surface area contributed by atoms with Crippen molar-refractivity contribution in [1.29, 1.82) is 0 Å². The fourth-order valence-corrected chi connectivity index (χ4v) is 2.32. The van der Waals surface area contributed by atoms with Crippen LogP contribution in [0.15, 0.2) is 24.3 Å². The number of rotatable bonds is 6. The topological polar surface area (TPSA) is 35.5 Å². The van der Waals surface area contributed by atoms with E-state index in [-0.39, 0.29) is 18.3 Å². The molecule has 0 radical (unpaired) electrons. The Labute approximate surface area is 108 Å². The van der Waals surface area contributed by atoms with Crippen LogP contribution in [0.3, 0.4) is 0 Å². The number of carbonyl (C=O) groups is 1. The molecule has 0 heterocycles. The van der Waals surface area contributed by atoms with Gasteiger partial charge in [0.15, 0.2) is 5.78 Å². The lowest BCUT2D eigenvalue weighted by Gasteiger charge is -2.10. The summed E-state index contributed by atoms with van der Waals surface area (Å²) < 4.78 is 10.9. The number of hydrogen-bond acceptors (Lipinski definition) is 3. The molecule has 0 aromatic heterocycles. The maximum atomic E-state index is 11.8. The van der Waals surface area contributed by atoms with Crippen LogP contribution >= 0.6 is 0 Å². The minimum Gasteiger partial charge on any atom is -0.494 e. The smallest absolute Gasteiger partial charge is 0.173 e. The van der Waals surface area contributed by atoms with Crippen molar-refractivity contribution in [3.63, 3.8) is 0 Å². The summed E-state index contributed by atoms with van der Waals surface area (Å²) in [5.41, 5.74) is 0. The maximum Gasteiger partial charge on any atom is 0.173 e. The first-order valence-electron chi connectivity index (χ1n) is 6.68. The lowest BCUT2D eigenvalue weighted by molar-refractivity contribution is -0.124. The molecule has 18 heavy (non-hydrogen) atoms. The number of ether oxygens (including phenoxy) is 2. The second-order valence-electron chi connectivity index (χ2n) is 4.64. The highest BCUT2D eigenvalue weighted by Gasteiger charge is 2.22. The zero-order valence-electron chi connectivity index (χ0n) is 10.9. The third kappa shape index (κ3) is 3.49. The van der Waals surface area contributed by atoms with Crippen LogP contribution < -0.4 is 9.47 Å². The van der Waals surface area contributed by atoms with Crippen LogP contribution in [0.5, 0.6) is 11.5 Å². The monoisotopic (exact) mass is 248 g/mol. The van der Waals surface area contributed by atoms with Crippen LogP contribution in [0.1, 0.15) is 32.6 Å². The normalized spacial score (nSPS) is 15.6. The first kappa shape index (κ1) is 12.9. The molecule has 1 saturated carbocycles. The molecule has 0 spiro atoms. The molecule has 0 bridgehead atoms. The van der Waals surface area contributed by atoms with Crippen molar-refractivity contribution < 1.29 is 14.3 Å². The van der Waals surface area contributed by atoms with Crippen molar-refractivity contribution in [2.45, 2.75) is 32.6 Å². The molecule has 0 unspecified atom stereocenters. The zero-order chi connectivity index (χ0) is 12.8. The highest BCUT2D eigenvalue weighted by molar-refractivity contribution is 5.82. The second-order valence-corrected chi connectivity index (χ2v) is 4.64. The Morgan fingerprint density at radius 3 is 2.22 bits per heavy atom. The van der Waals surface area contributed by atoms with Gasteiger partial charge in [0.1, 0.15) is 18.1 Å². The highest BCUT2D eigenvalue weighted by Crippen LogP contribution is 2.26. The van der Waals surface area contributed by atoms with Gasteiger partial charge in [-0.05, 0) is 44.0 Å². The molecule has 2 rings (SSSR count). The third-order valence-electron chi connectivity index (χ3n) is 3.33. The van der Waals surface area contributed by atoms with Crippen LogP contribution in [0.25, 0.3) is 0 Å². The largest absolute Gasteiger partial charge is 0.494 e. The standard InChI is InChI=1S/C15H20O3/c1-2-17-13-7-9-14(10-8-13)18-11-15(16)12-5-3-4-6-12/h7-10,12H,2-6,11H2,1H3. The van der Waals surface area contributed by atoms with Crippen molar-refractivity contribution >= 4 is 5.78 Å². The average Bonchev–Trinajstić information content (AvgIpc) is 2.92. The van der Waals surface area contributed by atoms with Crippen molar-refractivity contribution in [3.05, 3.63) is 24.3 Å². The van der Waals surface area contributed by atoms with E-state index in [9.17, 15) is 4.79 Å². The molecule has 0 atom stereocenters. The van der Waals surface area contributed by atoms with Crippen LogP contribution in [-0.2, 0) is 4.79 Å². The lowest BCUT2D eigenvalue weighted by atomic mass is 10.0. The van der Waals surface area contributed by atoms with Gasteiger partial charge in [-0.15, -0.1) is 0 Å². The summed E-state index contributed by atoms with van der Waals surface area (Å²) in [7, 11) is 0. The van der Waals surface area contributed by atoms with E-state index in [1.54, 1.807) is 0 Å². The zero-order valence-corrected chi connectivity index (χ0v) is 10.9. The first-order valence-corrected chi connectivity index (χ1v) is 6.68. The number of hydrogen-bond donors (Lipinski definition) is 0. The predicted octanol–water partition coefficient (Wildman–Crippen LogP) is 3.22. The van der Waals surface area contributed by atoms with Crippen LogP contribution in [0, 0.1) is 5.92 Å². The Hall–Kier alpha value is -1.51. The highest BCUT2D eigenvalue weighted by atomic mass is 16.5. The summed E-state index contributed by atoms with van der Waals surface area (Å²) in [6.45, 7) is 2.80. The quantitative estimate of drug-likeness (QED) is 0.775. The molecule has 98 valence electrons. The Morgan fingerprint density at radius 1 is 1.11 bits per heavy atom. The summed E-state index contributed by atoms with van der Waals surface area (Å²) in [5.74, 6) is 2.02. The van der Waals surface area contributed by atoms with E-state index in [4.69, 9.17) is 9.47 Å². The average molecular weight is 248 g/mol. The van der Waals surface area contributed by atoms with Crippen molar-refractivity contribution in [2.24, 2.45) is 5.92 Å². The molecule has 1 aliphatic rings. The Bertz CT molecular complexity index is 377. The molecule has 1 aromatic carbocycles. The SMILES string of the molecule is CCOc1ccc(OCC(=O)C2CCCC2)cc1. The lowest BCUT2D eigenvalue weighted by Crippen LogP contribution is -2.19. The van der Waals surface area contributed by atoms with Crippen molar-refractivity contribution in [2.75, 3.05) is 13.2 Å². The number of ketones is 1. The van der Waals surface area contributed by atoms with Crippen LogP contribution in [0.2, 0.25) is 0 Å². The Balaban J connectivity index is 1.80. The second kappa shape index (κ2) is 6.43. The fraction of sp³-hybridized carbons (Fsp3) is 0.533. The van der Waals surface area contributed by atoms with E-state index in [1.165, 1.54) is 12.8 Å². The van der Waals surface area contributed by atoms with Gasteiger partial charge in [-0.3, -0.25) is 4.79 Å². The summed E-state index contributed by atoms with van der Waals surface area (Å²) in [5, 5.41) is 0. The third-order valence-corrected chi connectivity index (χ3v) is 3.33. The molecule has 1 aliphatic carbocycles. The summed E-state index contributed by atoms with van der Waals surface area (Å²) in [6, 6.07) is 7.40. The van der Waals surface area contributed by atoms with Gasteiger partial charge < -0.3 is 9.47 Å². The molecular formula is C15H20O3. The minimum atomic E-state index is 0.193. The molecule has 3 nitrogen and oxygen atoms in total. The van der Waals surface area contributed by atoms with Gasteiger partial charge in [0, 0.05) is 5.92 Å². The fourth-order valence-electron chi connectivity index (χ4n) is 2.32. The molecule has 3 heteroatoms. The number of benzene rings is 1. The van der Waals surface area contributed by atoms with Gasteiger partial charge in [0.25, 0.3) is 0 Å². The summed E-state index contributed by atoms with van der Waals surface area (Å²) in [6.07, 6.45) is 4.43.